The van der Waals surface area contributed by atoms with Gasteiger partial charge in [-0.05, 0) is 39.2 Å². The molecule has 1 aliphatic carbocycles. The van der Waals surface area contributed by atoms with Crippen molar-refractivity contribution in [3.8, 4) is 0 Å². The zero-order valence-corrected chi connectivity index (χ0v) is 16.0. The van der Waals surface area contributed by atoms with Crippen molar-refractivity contribution in [1.29, 1.82) is 0 Å². The minimum Gasteiger partial charge on any atom is -0.396 e. The molecule has 0 aromatic rings. The van der Waals surface area contributed by atoms with Crippen LogP contribution < -0.4 is 0 Å². The van der Waals surface area contributed by atoms with Gasteiger partial charge in [-0.1, -0.05) is 50.1 Å². The Morgan fingerprint density at radius 2 is 1.33 bits per heavy atom. The molecule has 0 aromatic heterocycles. The maximum absolute atomic E-state index is 5.66. The SMILES string of the molecule is CN1CCN(CCCON=C2CCCCCCCCCCC2)CC1. The molecule has 2 rings (SSSR count). The van der Waals surface area contributed by atoms with Crippen LogP contribution in [0.5, 0.6) is 0 Å². The van der Waals surface area contributed by atoms with Gasteiger partial charge in [0.2, 0.25) is 0 Å². The zero-order valence-electron chi connectivity index (χ0n) is 16.0. The summed E-state index contributed by atoms with van der Waals surface area (Å²) in [5, 5.41) is 4.50. The van der Waals surface area contributed by atoms with E-state index in [0.717, 1.165) is 32.4 Å². The van der Waals surface area contributed by atoms with Crippen LogP contribution in [0.3, 0.4) is 0 Å². The first-order valence-corrected chi connectivity index (χ1v) is 10.4. The highest BCUT2D eigenvalue weighted by Gasteiger charge is 2.12. The minimum absolute atomic E-state index is 0.774. The van der Waals surface area contributed by atoms with Crippen LogP contribution in [0.1, 0.15) is 77.0 Å². The largest absolute Gasteiger partial charge is 0.396 e. The molecule has 2 aliphatic rings. The Labute approximate surface area is 149 Å². The van der Waals surface area contributed by atoms with Crippen molar-refractivity contribution in [3.63, 3.8) is 0 Å². The van der Waals surface area contributed by atoms with Crippen molar-refractivity contribution in [2.45, 2.75) is 77.0 Å². The highest BCUT2D eigenvalue weighted by molar-refractivity contribution is 5.83. The average molecular weight is 338 g/mol. The molecular formula is C20H39N3O. The molecule has 1 heterocycles. The minimum atomic E-state index is 0.774. The molecule has 0 unspecified atom stereocenters. The van der Waals surface area contributed by atoms with Gasteiger partial charge in [0, 0.05) is 32.7 Å². The maximum atomic E-state index is 5.66. The quantitative estimate of drug-likeness (QED) is 0.553. The van der Waals surface area contributed by atoms with Crippen molar-refractivity contribution < 1.29 is 4.84 Å². The smallest absolute Gasteiger partial charge is 0.118 e. The number of oxime groups is 1. The number of nitrogens with zero attached hydrogens (tertiary/aromatic N) is 3. The van der Waals surface area contributed by atoms with Crippen molar-refractivity contribution in [2.75, 3.05) is 46.4 Å². The predicted octanol–water partition coefficient (Wildman–Crippen LogP) is 4.30. The summed E-state index contributed by atoms with van der Waals surface area (Å²) >= 11 is 0. The van der Waals surface area contributed by atoms with E-state index >= 15 is 0 Å². The van der Waals surface area contributed by atoms with Gasteiger partial charge in [-0.15, -0.1) is 0 Å². The number of piperazine rings is 1. The fourth-order valence-corrected chi connectivity index (χ4v) is 3.67. The third kappa shape index (κ3) is 9.03. The molecule has 0 atom stereocenters. The van der Waals surface area contributed by atoms with Gasteiger partial charge in [0.15, 0.2) is 0 Å². The molecule has 24 heavy (non-hydrogen) atoms. The van der Waals surface area contributed by atoms with E-state index in [0.29, 0.717) is 0 Å². The van der Waals surface area contributed by atoms with E-state index < -0.39 is 0 Å². The fraction of sp³-hybridized carbons (Fsp3) is 0.950. The lowest BCUT2D eigenvalue weighted by Crippen LogP contribution is -2.44. The van der Waals surface area contributed by atoms with Gasteiger partial charge in [0.05, 0.1) is 5.71 Å². The van der Waals surface area contributed by atoms with Gasteiger partial charge >= 0.3 is 0 Å². The lowest BCUT2D eigenvalue weighted by atomic mass is 10.00. The predicted molar refractivity (Wildman–Crippen MR) is 103 cm³/mol. The first kappa shape index (κ1) is 19.7. The van der Waals surface area contributed by atoms with Gasteiger partial charge in [0.25, 0.3) is 0 Å². The van der Waals surface area contributed by atoms with Gasteiger partial charge in [-0.2, -0.15) is 0 Å². The monoisotopic (exact) mass is 337 g/mol. The molecule has 0 bridgehead atoms. The van der Waals surface area contributed by atoms with Crippen molar-refractivity contribution >= 4 is 5.71 Å². The molecular weight excluding hydrogens is 298 g/mol. The molecule has 0 N–H and O–H groups in total. The van der Waals surface area contributed by atoms with Crippen molar-refractivity contribution in [2.24, 2.45) is 5.16 Å². The van der Waals surface area contributed by atoms with Crippen LogP contribution in [0.4, 0.5) is 0 Å². The Morgan fingerprint density at radius 3 is 1.92 bits per heavy atom. The van der Waals surface area contributed by atoms with Gasteiger partial charge < -0.3 is 14.6 Å². The van der Waals surface area contributed by atoms with Gasteiger partial charge in [0.1, 0.15) is 6.61 Å². The molecule has 0 spiro atoms. The summed E-state index contributed by atoms with van der Waals surface area (Å²) in [4.78, 5) is 10.6. The Bertz CT molecular complexity index is 324. The summed E-state index contributed by atoms with van der Waals surface area (Å²) in [6, 6.07) is 0. The Balaban J connectivity index is 1.59. The molecule has 1 saturated carbocycles. The van der Waals surface area contributed by atoms with E-state index in [1.807, 2.05) is 0 Å². The third-order valence-electron chi connectivity index (χ3n) is 5.43. The van der Waals surface area contributed by atoms with Gasteiger partial charge in [-0.25, -0.2) is 0 Å². The van der Waals surface area contributed by atoms with E-state index in [4.69, 9.17) is 4.84 Å². The van der Waals surface area contributed by atoms with Crippen molar-refractivity contribution in [1.82, 2.24) is 9.80 Å². The summed E-state index contributed by atoms with van der Waals surface area (Å²) < 4.78 is 0. The highest BCUT2D eigenvalue weighted by atomic mass is 16.6. The summed E-state index contributed by atoms with van der Waals surface area (Å²) in [5.74, 6) is 0. The molecule has 140 valence electrons. The summed E-state index contributed by atoms with van der Waals surface area (Å²) in [7, 11) is 2.21. The average Bonchev–Trinajstić information content (AvgIpc) is 2.58. The third-order valence-corrected chi connectivity index (χ3v) is 5.43. The second-order valence-corrected chi connectivity index (χ2v) is 7.67. The molecule has 1 aliphatic heterocycles. The van der Waals surface area contributed by atoms with Crippen LogP contribution in [-0.4, -0.2) is 61.9 Å². The lowest BCUT2D eigenvalue weighted by Gasteiger charge is -2.32. The maximum Gasteiger partial charge on any atom is 0.118 e. The zero-order chi connectivity index (χ0) is 16.9. The van der Waals surface area contributed by atoms with Crippen LogP contribution in [0.15, 0.2) is 5.16 Å². The summed E-state index contributed by atoms with van der Waals surface area (Å²) in [6.07, 6.45) is 15.8. The molecule has 4 heteroatoms. The van der Waals surface area contributed by atoms with Crippen LogP contribution in [0.2, 0.25) is 0 Å². The number of likely N-dealkylation sites (N-methyl/N-ethyl adjacent to an activating group) is 1. The molecule has 4 nitrogen and oxygen atoms in total. The number of rotatable bonds is 5. The number of hydrogen-bond donors (Lipinski definition) is 0. The van der Waals surface area contributed by atoms with Crippen LogP contribution in [-0.2, 0) is 4.84 Å². The van der Waals surface area contributed by atoms with E-state index in [2.05, 4.69) is 22.0 Å². The number of hydrogen-bond acceptors (Lipinski definition) is 4. The first-order chi connectivity index (χ1) is 11.8. The molecule has 2 fully saturated rings. The Kier molecular flexibility index (Phi) is 10.4. The molecule has 1 saturated heterocycles. The van der Waals surface area contributed by atoms with Crippen LogP contribution in [0, 0.1) is 0 Å². The Morgan fingerprint density at radius 1 is 0.792 bits per heavy atom. The second-order valence-electron chi connectivity index (χ2n) is 7.67. The van der Waals surface area contributed by atoms with E-state index in [-0.39, 0.29) is 0 Å². The first-order valence-electron chi connectivity index (χ1n) is 10.4. The van der Waals surface area contributed by atoms with Gasteiger partial charge in [-0.3, -0.25) is 0 Å². The van der Waals surface area contributed by atoms with E-state index in [9.17, 15) is 0 Å². The second kappa shape index (κ2) is 12.7. The Hall–Kier alpha value is -0.610. The molecule has 0 aromatic carbocycles. The van der Waals surface area contributed by atoms with Crippen LogP contribution >= 0.6 is 0 Å². The van der Waals surface area contributed by atoms with E-state index in [1.165, 1.54) is 89.7 Å². The highest BCUT2D eigenvalue weighted by Crippen LogP contribution is 2.15. The normalized spacial score (nSPS) is 23.3. The van der Waals surface area contributed by atoms with Crippen molar-refractivity contribution in [3.05, 3.63) is 0 Å². The van der Waals surface area contributed by atoms with Crippen LogP contribution in [0.25, 0.3) is 0 Å². The summed E-state index contributed by atoms with van der Waals surface area (Å²) in [6.45, 7) is 6.72. The summed E-state index contributed by atoms with van der Waals surface area (Å²) in [5.41, 5.74) is 1.31. The lowest BCUT2D eigenvalue weighted by molar-refractivity contribution is 0.110. The van der Waals surface area contributed by atoms with E-state index in [1.54, 1.807) is 0 Å². The molecule has 0 amide bonds. The standard InChI is InChI=1S/C20H39N3O/c1-22-15-17-23(18-16-22)14-11-19-24-21-20-12-9-7-5-3-2-4-6-8-10-13-20/h2-19H2,1H3. The fourth-order valence-electron chi connectivity index (χ4n) is 3.67. The molecule has 0 radical (unpaired) electrons. The topological polar surface area (TPSA) is 28.1 Å².